The zero-order valence-electron chi connectivity index (χ0n) is 19.9. The monoisotopic (exact) mass is 497 g/mol. The lowest BCUT2D eigenvalue weighted by molar-refractivity contribution is -0.113. The van der Waals surface area contributed by atoms with Crippen molar-refractivity contribution in [1.82, 2.24) is 19.1 Å². The smallest absolute Gasteiger partial charge is 0.337 e. The highest BCUT2D eigenvalue weighted by molar-refractivity contribution is 8.00. The van der Waals surface area contributed by atoms with E-state index in [9.17, 15) is 19.2 Å². The molecule has 4 rings (SSSR count). The van der Waals surface area contributed by atoms with Crippen molar-refractivity contribution in [1.29, 1.82) is 0 Å². The molecule has 0 bridgehead atoms. The average molecular weight is 498 g/mol. The van der Waals surface area contributed by atoms with Crippen LogP contribution in [0.15, 0.2) is 38.9 Å². The average Bonchev–Trinajstić information content (AvgIpc) is 2.89. The Morgan fingerprint density at radius 3 is 2.40 bits per heavy atom. The zero-order valence-corrected chi connectivity index (χ0v) is 20.7. The number of amides is 1. The molecule has 0 spiro atoms. The van der Waals surface area contributed by atoms with Gasteiger partial charge in [0.1, 0.15) is 16.2 Å². The molecule has 0 saturated heterocycles. The normalized spacial score (nSPS) is 14.1. The molecule has 3 aromatic rings. The third kappa shape index (κ3) is 5.14. The highest BCUT2D eigenvalue weighted by atomic mass is 32.2. The Labute approximate surface area is 205 Å². The Balaban J connectivity index is 1.62. The number of hydrogen-bond donors (Lipinski definition) is 1. The van der Waals surface area contributed by atoms with Gasteiger partial charge in [0.2, 0.25) is 5.91 Å². The Hall–Kier alpha value is -3.47. The summed E-state index contributed by atoms with van der Waals surface area (Å²) in [5.41, 5.74) is 0.246. The van der Waals surface area contributed by atoms with E-state index in [2.05, 4.69) is 15.0 Å². The topological polar surface area (TPSA) is 125 Å². The maximum atomic E-state index is 13.0. The molecule has 1 aromatic carbocycles. The van der Waals surface area contributed by atoms with Crippen LogP contribution in [0.3, 0.4) is 0 Å². The molecule has 2 aromatic heterocycles. The molecule has 0 aliphatic heterocycles. The number of ether oxygens (including phenoxy) is 1. The number of benzene rings is 1. The van der Waals surface area contributed by atoms with Crippen molar-refractivity contribution < 1.29 is 14.3 Å². The second kappa shape index (κ2) is 10.4. The first kappa shape index (κ1) is 24.6. The first-order valence-electron chi connectivity index (χ1n) is 11.4. The Morgan fingerprint density at radius 1 is 1.06 bits per heavy atom. The molecule has 1 N–H and O–H groups in total. The van der Waals surface area contributed by atoms with Gasteiger partial charge in [-0.25, -0.2) is 19.6 Å². The summed E-state index contributed by atoms with van der Waals surface area (Å²) in [4.78, 5) is 59.1. The lowest BCUT2D eigenvalue weighted by Crippen LogP contribution is -2.38. The van der Waals surface area contributed by atoms with Crippen molar-refractivity contribution in [3.63, 3.8) is 0 Å². The molecule has 11 heteroatoms. The largest absolute Gasteiger partial charge is 0.465 e. The van der Waals surface area contributed by atoms with Crippen LogP contribution >= 0.6 is 11.8 Å². The summed E-state index contributed by atoms with van der Waals surface area (Å²) in [7, 11) is 4.30. The van der Waals surface area contributed by atoms with Crippen LogP contribution in [0.5, 0.6) is 0 Å². The second-order valence-corrected chi connectivity index (χ2v) is 9.50. The van der Waals surface area contributed by atoms with Crippen LogP contribution in [-0.2, 0) is 23.6 Å². The fourth-order valence-corrected chi connectivity index (χ4v) is 5.05. The SMILES string of the molecule is COC(=O)c1ccc(NC(=O)CSc2nc(C3CCCCC3)nc3c2c(=O)n(C)c(=O)n3C)cc1. The molecule has 2 heterocycles. The molecule has 1 fully saturated rings. The molecule has 0 atom stereocenters. The molecule has 184 valence electrons. The van der Waals surface area contributed by atoms with Gasteiger partial charge < -0.3 is 10.1 Å². The summed E-state index contributed by atoms with van der Waals surface area (Å²) in [6, 6.07) is 6.35. The highest BCUT2D eigenvalue weighted by Gasteiger charge is 2.23. The third-order valence-electron chi connectivity index (χ3n) is 6.18. The minimum Gasteiger partial charge on any atom is -0.465 e. The highest BCUT2D eigenvalue weighted by Crippen LogP contribution is 2.33. The van der Waals surface area contributed by atoms with Crippen LogP contribution in [0.4, 0.5) is 5.69 Å². The fourth-order valence-electron chi connectivity index (χ4n) is 4.23. The van der Waals surface area contributed by atoms with Crippen LogP contribution < -0.4 is 16.6 Å². The molecule has 1 saturated carbocycles. The Kier molecular flexibility index (Phi) is 7.34. The third-order valence-corrected chi connectivity index (χ3v) is 7.16. The first-order chi connectivity index (χ1) is 16.8. The number of aryl methyl sites for hydroxylation is 1. The number of nitrogens with zero attached hydrogens (tertiary/aromatic N) is 4. The molecule has 35 heavy (non-hydrogen) atoms. The standard InChI is InChI=1S/C24H27N5O5S/c1-28-20-18(22(31)29(2)24(28)33)21(27-19(26-20)14-7-5-4-6-8-14)35-13-17(30)25-16-11-9-15(10-12-16)23(32)34-3/h9-12,14H,4-8,13H2,1-3H3,(H,25,30). The van der Waals surface area contributed by atoms with Crippen LogP contribution in [-0.4, -0.2) is 43.8 Å². The summed E-state index contributed by atoms with van der Waals surface area (Å²) < 4.78 is 7.06. The van der Waals surface area contributed by atoms with E-state index in [1.165, 1.54) is 25.1 Å². The van der Waals surface area contributed by atoms with Gasteiger partial charge in [0.15, 0.2) is 5.65 Å². The molecular formula is C24H27N5O5S. The molecule has 0 unspecified atom stereocenters. The summed E-state index contributed by atoms with van der Waals surface area (Å²) in [6.45, 7) is 0. The van der Waals surface area contributed by atoms with Crippen LogP contribution in [0.25, 0.3) is 11.0 Å². The fraction of sp³-hybridized carbons (Fsp3) is 0.417. The number of esters is 1. The van der Waals surface area contributed by atoms with Crippen molar-refractivity contribution in [2.24, 2.45) is 14.1 Å². The number of aromatic nitrogens is 4. The van der Waals surface area contributed by atoms with Gasteiger partial charge in [-0.3, -0.25) is 18.7 Å². The van der Waals surface area contributed by atoms with Crippen molar-refractivity contribution in [3.05, 3.63) is 56.5 Å². The Bertz CT molecular complexity index is 1390. The number of methoxy groups -OCH3 is 1. The van der Waals surface area contributed by atoms with Gasteiger partial charge in [0.05, 0.1) is 18.4 Å². The molecule has 10 nitrogen and oxygen atoms in total. The number of nitrogens with one attached hydrogen (secondary N) is 1. The van der Waals surface area contributed by atoms with Crippen LogP contribution in [0, 0.1) is 0 Å². The predicted octanol–water partition coefficient (Wildman–Crippen LogP) is 2.59. The van der Waals surface area contributed by atoms with Crippen molar-refractivity contribution in [2.75, 3.05) is 18.2 Å². The van der Waals surface area contributed by atoms with Crippen LogP contribution in [0.2, 0.25) is 0 Å². The minimum atomic E-state index is -0.486. The van der Waals surface area contributed by atoms with Gasteiger partial charge in [-0.15, -0.1) is 0 Å². The second-order valence-electron chi connectivity index (χ2n) is 8.53. The quantitative estimate of drug-likeness (QED) is 0.313. The molecular weight excluding hydrogens is 470 g/mol. The predicted molar refractivity (Wildman–Crippen MR) is 133 cm³/mol. The van der Waals surface area contributed by atoms with Gasteiger partial charge in [-0.1, -0.05) is 31.0 Å². The molecule has 1 aliphatic carbocycles. The summed E-state index contributed by atoms with van der Waals surface area (Å²) in [5.74, 6) is 0.0175. The van der Waals surface area contributed by atoms with E-state index >= 15 is 0 Å². The van der Waals surface area contributed by atoms with Gasteiger partial charge >= 0.3 is 11.7 Å². The number of anilines is 1. The maximum absolute atomic E-state index is 13.0. The van der Waals surface area contributed by atoms with Crippen molar-refractivity contribution in [3.8, 4) is 0 Å². The number of rotatable bonds is 6. The van der Waals surface area contributed by atoms with E-state index in [1.807, 2.05) is 0 Å². The maximum Gasteiger partial charge on any atom is 0.337 e. The van der Waals surface area contributed by atoms with Gasteiger partial charge in [0.25, 0.3) is 5.56 Å². The molecule has 0 radical (unpaired) electrons. The van der Waals surface area contributed by atoms with Gasteiger partial charge in [0, 0.05) is 25.7 Å². The number of thioether (sulfide) groups is 1. The Morgan fingerprint density at radius 2 is 1.74 bits per heavy atom. The van der Waals surface area contributed by atoms with E-state index in [4.69, 9.17) is 4.98 Å². The van der Waals surface area contributed by atoms with E-state index in [-0.39, 0.29) is 28.6 Å². The minimum absolute atomic E-state index is 0.000960. The number of hydrogen-bond acceptors (Lipinski definition) is 8. The first-order valence-corrected chi connectivity index (χ1v) is 12.4. The van der Waals surface area contributed by atoms with E-state index in [1.54, 1.807) is 31.3 Å². The van der Waals surface area contributed by atoms with Crippen molar-refractivity contribution >= 4 is 40.4 Å². The summed E-state index contributed by atoms with van der Waals surface area (Å²) in [5, 5.41) is 3.40. The van der Waals surface area contributed by atoms with E-state index in [0.717, 1.165) is 42.0 Å². The lowest BCUT2D eigenvalue weighted by atomic mass is 9.89. The number of carbonyl (C=O) groups excluding carboxylic acids is 2. The van der Waals surface area contributed by atoms with Crippen molar-refractivity contribution in [2.45, 2.75) is 43.0 Å². The van der Waals surface area contributed by atoms with Crippen LogP contribution in [0.1, 0.15) is 54.2 Å². The summed E-state index contributed by atoms with van der Waals surface area (Å²) >= 11 is 1.14. The van der Waals surface area contributed by atoms with Gasteiger partial charge in [-0.2, -0.15) is 0 Å². The number of carbonyl (C=O) groups is 2. The number of fused-ring (bicyclic) bond motifs is 1. The zero-order chi connectivity index (χ0) is 25.1. The van der Waals surface area contributed by atoms with E-state index < -0.39 is 17.2 Å². The summed E-state index contributed by atoms with van der Waals surface area (Å²) in [6.07, 6.45) is 5.25. The van der Waals surface area contributed by atoms with E-state index in [0.29, 0.717) is 22.1 Å². The molecule has 1 amide bonds. The van der Waals surface area contributed by atoms with Gasteiger partial charge in [-0.05, 0) is 37.1 Å². The molecule has 1 aliphatic rings. The lowest BCUT2D eigenvalue weighted by Gasteiger charge is -2.21.